The van der Waals surface area contributed by atoms with Gasteiger partial charge in [-0.2, -0.15) is 0 Å². The van der Waals surface area contributed by atoms with Gasteiger partial charge < -0.3 is 15.3 Å². The van der Waals surface area contributed by atoms with Crippen LogP contribution in [0.25, 0.3) is 0 Å². The summed E-state index contributed by atoms with van der Waals surface area (Å²) < 4.78 is 0. The second kappa shape index (κ2) is 25.5. The first-order valence-corrected chi connectivity index (χ1v) is 19.4. The summed E-state index contributed by atoms with van der Waals surface area (Å²) in [4.78, 5) is 88.1. The molecule has 0 atom stereocenters. The molecule has 0 aliphatic rings. The number of carbonyl (C=O) groups excluding carboxylic acids is 2. The fraction of sp³-hybridized carbons (Fsp3) is 0.405. The number of carboxylic acids is 3. The monoisotopic (exact) mass is 811 g/mol. The Hall–Kier alpha value is -5.85. The molecule has 17 heteroatoms. The van der Waals surface area contributed by atoms with Crippen molar-refractivity contribution in [2.75, 3.05) is 72.0 Å². The average molecular weight is 812 g/mol. The molecule has 0 saturated carbocycles. The van der Waals surface area contributed by atoms with Crippen LogP contribution in [0.3, 0.4) is 0 Å². The molecule has 0 aliphatic carbocycles. The molecule has 314 valence electrons. The topological polar surface area (TPSA) is 214 Å². The fourth-order valence-corrected chi connectivity index (χ4v) is 6.37. The highest BCUT2D eigenvalue weighted by Crippen LogP contribution is 2.10. The maximum Gasteiger partial charge on any atom is 0.317 e. The van der Waals surface area contributed by atoms with Crippen LogP contribution >= 0.6 is 0 Å². The van der Waals surface area contributed by atoms with Crippen molar-refractivity contribution in [3.05, 3.63) is 120 Å². The summed E-state index contributed by atoms with van der Waals surface area (Å²) in [6.07, 6.45) is 7.07. The van der Waals surface area contributed by atoms with Crippen molar-refractivity contribution in [3.63, 3.8) is 0 Å². The molecular weight excluding hydrogens is 759 g/mol. The van der Waals surface area contributed by atoms with E-state index >= 15 is 0 Å². The van der Waals surface area contributed by atoms with Crippen molar-refractivity contribution in [2.24, 2.45) is 0 Å². The summed E-state index contributed by atoms with van der Waals surface area (Å²) >= 11 is 0. The third-order valence-electron chi connectivity index (χ3n) is 9.20. The number of hydrogen-bond donors (Lipinski definition) is 3. The standard InChI is InChI=1S/C42H53N9O8/c52-38(13-19-48(25-34-9-1-5-15-43-34)26-35-10-2-6-16-44-35)29-50(32-41(56)57)23-21-47(31-40(54)55)22-24-51(33-42(58)59)30-39(53)14-20-49(27-36-11-3-7-17-45-36)28-37-12-4-8-18-46-37/h1-12,15-18H,13-14,19-33H2,(H,54,55)(H,56,57)(H,58,59). The molecule has 0 radical (unpaired) electrons. The molecule has 4 heterocycles. The minimum Gasteiger partial charge on any atom is -0.480 e. The van der Waals surface area contributed by atoms with E-state index in [2.05, 4.69) is 19.9 Å². The van der Waals surface area contributed by atoms with Crippen LogP contribution in [0.2, 0.25) is 0 Å². The number of aromatic nitrogens is 4. The van der Waals surface area contributed by atoms with Gasteiger partial charge in [0.2, 0.25) is 0 Å². The Morgan fingerprint density at radius 3 is 0.932 bits per heavy atom. The Morgan fingerprint density at radius 2 is 0.661 bits per heavy atom. The SMILES string of the molecule is O=C(O)CN(CCN(CC(=O)O)CC(=O)CCN(Cc1ccccn1)Cc1ccccn1)CCN(CC(=O)O)CC(=O)CCN(Cc1ccccn1)Cc1ccccn1. The maximum atomic E-state index is 13.3. The molecule has 0 fully saturated rings. The number of carbonyl (C=O) groups is 5. The lowest BCUT2D eigenvalue weighted by Gasteiger charge is -2.28. The average Bonchev–Trinajstić information content (AvgIpc) is 3.21. The van der Waals surface area contributed by atoms with Gasteiger partial charge in [-0.15, -0.1) is 0 Å². The number of carboxylic acid groups (broad SMARTS) is 3. The zero-order valence-electron chi connectivity index (χ0n) is 33.2. The first-order chi connectivity index (χ1) is 28.5. The normalized spacial score (nSPS) is 11.5. The maximum absolute atomic E-state index is 13.3. The summed E-state index contributed by atoms with van der Waals surface area (Å²) in [5.41, 5.74) is 3.31. The highest BCUT2D eigenvalue weighted by atomic mass is 16.4. The molecule has 3 N–H and O–H groups in total. The first kappa shape index (κ1) is 45.8. The van der Waals surface area contributed by atoms with Gasteiger partial charge in [-0.1, -0.05) is 24.3 Å². The van der Waals surface area contributed by atoms with E-state index in [0.717, 1.165) is 22.8 Å². The second-order valence-electron chi connectivity index (χ2n) is 14.2. The van der Waals surface area contributed by atoms with E-state index in [1.807, 2.05) is 82.6 Å². The van der Waals surface area contributed by atoms with E-state index in [1.54, 1.807) is 29.7 Å². The van der Waals surface area contributed by atoms with Crippen molar-refractivity contribution >= 4 is 29.5 Å². The molecule has 17 nitrogen and oxygen atoms in total. The Labute approximate surface area is 343 Å². The fourth-order valence-electron chi connectivity index (χ4n) is 6.37. The number of nitrogens with zero attached hydrogens (tertiary/aromatic N) is 9. The molecule has 4 aromatic rings. The van der Waals surface area contributed by atoms with Gasteiger partial charge in [-0.25, -0.2) is 0 Å². The molecule has 0 bridgehead atoms. The lowest BCUT2D eigenvalue weighted by Crippen LogP contribution is -2.45. The summed E-state index contributed by atoms with van der Waals surface area (Å²) in [6.45, 7) is 1.39. The van der Waals surface area contributed by atoms with Gasteiger partial charge >= 0.3 is 17.9 Å². The predicted molar refractivity (Wildman–Crippen MR) is 217 cm³/mol. The van der Waals surface area contributed by atoms with Crippen molar-refractivity contribution < 1.29 is 39.3 Å². The van der Waals surface area contributed by atoms with Crippen LogP contribution in [0.1, 0.15) is 35.6 Å². The largest absolute Gasteiger partial charge is 0.480 e. The molecular formula is C42H53N9O8. The van der Waals surface area contributed by atoms with Crippen molar-refractivity contribution in [3.8, 4) is 0 Å². The highest BCUT2D eigenvalue weighted by molar-refractivity contribution is 5.82. The Bertz CT molecular complexity index is 1670. The molecule has 0 amide bonds. The van der Waals surface area contributed by atoms with Gasteiger partial charge in [0.25, 0.3) is 0 Å². The number of ketones is 2. The highest BCUT2D eigenvalue weighted by Gasteiger charge is 2.21. The first-order valence-electron chi connectivity index (χ1n) is 19.4. The molecule has 0 unspecified atom stereocenters. The molecule has 4 aromatic heterocycles. The van der Waals surface area contributed by atoms with Crippen LogP contribution in [0.15, 0.2) is 97.6 Å². The third kappa shape index (κ3) is 19.4. The van der Waals surface area contributed by atoms with Crippen LogP contribution in [0, 0.1) is 0 Å². The Balaban J connectivity index is 1.32. The van der Waals surface area contributed by atoms with Crippen LogP contribution in [0.4, 0.5) is 0 Å². The number of Topliss-reactive ketones (excluding diaryl/α,β-unsaturated/α-hetero) is 2. The Kier molecular flexibility index (Phi) is 19.8. The molecule has 59 heavy (non-hydrogen) atoms. The number of hydrogen-bond acceptors (Lipinski definition) is 14. The summed E-state index contributed by atoms with van der Waals surface area (Å²) in [7, 11) is 0. The van der Waals surface area contributed by atoms with Gasteiger partial charge in [0.05, 0.1) is 55.5 Å². The van der Waals surface area contributed by atoms with E-state index < -0.39 is 37.5 Å². The van der Waals surface area contributed by atoms with Gasteiger partial charge in [-0.05, 0) is 48.5 Å². The van der Waals surface area contributed by atoms with Crippen molar-refractivity contribution in [1.82, 2.24) is 44.4 Å². The zero-order chi connectivity index (χ0) is 42.2. The summed E-state index contributed by atoms with van der Waals surface area (Å²) in [5.74, 6) is -3.78. The van der Waals surface area contributed by atoms with Crippen LogP contribution < -0.4 is 0 Å². The van der Waals surface area contributed by atoms with E-state index in [-0.39, 0.29) is 63.7 Å². The van der Waals surface area contributed by atoms with E-state index in [4.69, 9.17) is 0 Å². The molecule has 0 aliphatic heterocycles. The second-order valence-corrected chi connectivity index (χ2v) is 14.2. The molecule has 0 spiro atoms. The van der Waals surface area contributed by atoms with E-state index in [0.29, 0.717) is 39.3 Å². The van der Waals surface area contributed by atoms with Crippen LogP contribution in [-0.2, 0) is 50.2 Å². The van der Waals surface area contributed by atoms with Crippen molar-refractivity contribution in [2.45, 2.75) is 39.0 Å². The van der Waals surface area contributed by atoms with Gasteiger partial charge in [0.15, 0.2) is 0 Å². The minimum atomic E-state index is -1.14. The molecule has 0 saturated heterocycles. The van der Waals surface area contributed by atoms with Gasteiger partial charge in [0.1, 0.15) is 11.6 Å². The zero-order valence-corrected chi connectivity index (χ0v) is 33.2. The smallest absolute Gasteiger partial charge is 0.317 e. The lowest BCUT2D eigenvalue weighted by atomic mass is 10.2. The van der Waals surface area contributed by atoms with Crippen molar-refractivity contribution in [1.29, 1.82) is 0 Å². The quantitative estimate of drug-likeness (QED) is 0.0687. The molecule has 4 rings (SSSR count). The third-order valence-corrected chi connectivity index (χ3v) is 9.20. The number of rotatable bonds is 30. The van der Waals surface area contributed by atoms with E-state index in [9.17, 15) is 39.3 Å². The predicted octanol–water partition coefficient (Wildman–Crippen LogP) is 2.05. The number of aliphatic carboxylic acids is 3. The van der Waals surface area contributed by atoms with Crippen LogP contribution in [-0.4, -0.2) is 161 Å². The molecule has 0 aromatic carbocycles. The minimum absolute atomic E-state index is 0.0666. The summed E-state index contributed by atoms with van der Waals surface area (Å²) in [6, 6.07) is 22.4. The number of pyridine rings is 4. The summed E-state index contributed by atoms with van der Waals surface area (Å²) in [5, 5.41) is 28.9. The van der Waals surface area contributed by atoms with Gasteiger partial charge in [0, 0.05) is 103 Å². The van der Waals surface area contributed by atoms with Crippen LogP contribution in [0.5, 0.6) is 0 Å². The van der Waals surface area contributed by atoms with E-state index in [1.165, 1.54) is 9.80 Å². The van der Waals surface area contributed by atoms with Gasteiger partial charge in [-0.3, -0.25) is 68.4 Å². The Morgan fingerprint density at radius 1 is 0.373 bits per heavy atom. The lowest BCUT2D eigenvalue weighted by molar-refractivity contribution is -0.141.